The minimum Gasteiger partial charge on any atom is -0.338 e. The second-order valence-electron chi connectivity index (χ2n) is 8.69. The van der Waals surface area contributed by atoms with E-state index >= 15 is 0 Å². The molecule has 1 amide bonds. The van der Waals surface area contributed by atoms with Crippen LogP contribution in [0.3, 0.4) is 0 Å². The molecule has 1 N–H and O–H groups in total. The second-order valence-corrected chi connectivity index (χ2v) is 8.69. The van der Waals surface area contributed by atoms with Gasteiger partial charge in [0.1, 0.15) is 5.82 Å². The molecule has 1 aromatic heterocycles. The predicted octanol–water partition coefficient (Wildman–Crippen LogP) is 2.31. The molecule has 136 valence electrons. The number of hydrogen-bond donors (Lipinski definition) is 1. The van der Waals surface area contributed by atoms with E-state index in [1.165, 1.54) is 50.0 Å². The standard InChI is InChI=1S/C20H30N4O/c25-20(24-13-14-8-17(24)11-21-10-14)16-6-7-23-18(9-16)12-22-19(23)15-4-2-1-3-5-15/h12,14-17,21H,1-11,13H2. The van der Waals surface area contributed by atoms with Gasteiger partial charge < -0.3 is 14.8 Å². The quantitative estimate of drug-likeness (QED) is 0.897. The normalized spacial score (nSPS) is 32.6. The molecule has 0 radical (unpaired) electrons. The number of carbonyl (C=O) groups is 1. The Bertz CT molecular complexity index is 648. The van der Waals surface area contributed by atoms with E-state index in [1.54, 1.807) is 0 Å². The molecule has 3 unspecified atom stereocenters. The number of piperidine rings is 1. The third-order valence-electron chi connectivity index (χ3n) is 7.04. The van der Waals surface area contributed by atoms with Gasteiger partial charge in [-0.2, -0.15) is 0 Å². The number of imidazole rings is 1. The van der Waals surface area contributed by atoms with Crippen LogP contribution in [0, 0.1) is 11.8 Å². The van der Waals surface area contributed by atoms with E-state index in [-0.39, 0.29) is 5.92 Å². The largest absolute Gasteiger partial charge is 0.338 e. The number of carbonyl (C=O) groups excluding carboxylic acids is 1. The Morgan fingerprint density at radius 1 is 1.16 bits per heavy atom. The van der Waals surface area contributed by atoms with Crippen LogP contribution in [-0.4, -0.2) is 46.0 Å². The van der Waals surface area contributed by atoms with Gasteiger partial charge in [0.2, 0.25) is 5.91 Å². The summed E-state index contributed by atoms with van der Waals surface area (Å²) in [5, 5.41) is 3.48. The van der Waals surface area contributed by atoms with Crippen LogP contribution in [0.25, 0.3) is 0 Å². The topological polar surface area (TPSA) is 50.2 Å². The Balaban J connectivity index is 1.30. The van der Waals surface area contributed by atoms with Crippen molar-refractivity contribution in [2.75, 3.05) is 19.6 Å². The van der Waals surface area contributed by atoms with Gasteiger partial charge in [-0.25, -0.2) is 4.98 Å². The lowest BCUT2D eigenvalue weighted by atomic mass is 9.88. The lowest BCUT2D eigenvalue weighted by Gasteiger charge is -2.32. The van der Waals surface area contributed by atoms with Crippen molar-refractivity contribution in [3.05, 3.63) is 17.7 Å². The maximum Gasteiger partial charge on any atom is 0.226 e. The van der Waals surface area contributed by atoms with Gasteiger partial charge in [0.25, 0.3) is 0 Å². The van der Waals surface area contributed by atoms with Gasteiger partial charge >= 0.3 is 0 Å². The SMILES string of the molecule is O=C(C1CCn2c(cnc2C2CCCCC2)C1)N1CC2CNCC1C2. The number of likely N-dealkylation sites (tertiary alicyclic amines) is 1. The van der Waals surface area contributed by atoms with Gasteiger partial charge in [-0.05, 0) is 38.1 Å². The maximum atomic E-state index is 13.1. The summed E-state index contributed by atoms with van der Waals surface area (Å²) in [6.45, 7) is 4.03. The van der Waals surface area contributed by atoms with Crippen molar-refractivity contribution in [3.8, 4) is 0 Å². The summed E-state index contributed by atoms with van der Waals surface area (Å²) < 4.78 is 2.45. The zero-order valence-corrected chi connectivity index (χ0v) is 15.1. The predicted molar refractivity (Wildman–Crippen MR) is 96.3 cm³/mol. The number of rotatable bonds is 2. The molecule has 0 aromatic carbocycles. The van der Waals surface area contributed by atoms with Crippen molar-refractivity contribution in [1.29, 1.82) is 0 Å². The van der Waals surface area contributed by atoms with E-state index in [9.17, 15) is 4.79 Å². The molecule has 1 saturated carbocycles. The summed E-state index contributed by atoms with van der Waals surface area (Å²) in [7, 11) is 0. The zero-order valence-electron chi connectivity index (χ0n) is 15.1. The third-order valence-corrected chi connectivity index (χ3v) is 7.04. The molecule has 2 saturated heterocycles. The van der Waals surface area contributed by atoms with Crippen molar-refractivity contribution < 1.29 is 4.79 Å². The van der Waals surface area contributed by atoms with Crippen LogP contribution in [-0.2, 0) is 17.8 Å². The Morgan fingerprint density at radius 2 is 2.04 bits per heavy atom. The summed E-state index contributed by atoms with van der Waals surface area (Å²) in [6.07, 6.45) is 11.8. The molecule has 5 rings (SSSR count). The molecule has 4 aliphatic rings. The average Bonchev–Trinajstić information content (AvgIpc) is 3.21. The fourth-order valence-electron chi connectivity index (χ4n) is 5.70. The van der Waals surface area contributed by atoms with Crippen molar-refractivity contribution in [2.24, 2.45) is 11.8 Å². The smallest absolute Gasteiger partial charge is 0.226 e. The maximum absolute atomic E-state index is 13.1. The highest BCUT2D eigenvalue weighted by Crippen LogP contribution is 2.35. The van der Waals surface area contributed by atoms with Crippen LogP contribution in [0.15, 0.2) is 6.20 Å². The van der Waals surface area contributed by atoms with E-state index < -0.39 is 0 Å². The van der Waals surface area contributed by atoms with Crippen LogP contribution < -0.4 is 5.32 Å². The first kappa shape index (κ1) is 15.9. The minimum atomic E-state index is 0.169. The van der Waals surface area contributed by atoms with Crippen LogP contribution in [0.4, 0.5) is 0 Å². The lowest BCUT2D eigenvalue weighted by Crippen LogP contribution is -2.45. The van der Waals surface area contributed by atoms with Crippen LogP contribution in [0.1, 0.15) is 62.4 Å². The summed E-state index contributed by atoms with van der Waals surface area (Å²) in [4.78, 5) is 20.1. The molecule has 3 atom stereocenters. The van der Waals surface area contributed by atoms with E-state index in [2.05, 4.69) is 21.0 Å². The Morgan fingerprint density at radius 3 is 2.88 bits per heavy atom. The van der Waals surface area contributed by atoms with E-state index in [1.807, 2.05) is 0 Å². The first-order valence-corrected chi connectivity index (χ1v) is 10.3. The highest BCUT2D eigenvalue weighted by atomic mass is 16.2. The summed E-state index contributed by atoms with van der Waals surface area (Å²) >= 11 is 0. The molecule has 25 heavy (non-hydrogen) atoms. The highest BCUT2D eigenvalue weighted by molar-refractivity contribution is 5.80. The summed E-state index contributed by atoms with van der Waals surface area (Å²) in [5.74, 6) is 3.21. The zero-order chi connectivity index (χ0) is 16.8. The monoisotopic (exact) mass is 342 g/mol. The van der Waals surface area contributed by atoms with E-state index in [4.69, 9.17) is 4.98 Å². The molecule has 1 aliphatic carbocycles. The molecule has 3 aliphatic heterocycles. The van der Waals surface area contributed by atoms with Gasteiger partial charge in [-0.15, -0.1) is 0 Å². The summed E-state index contributed by atoms with van der Waals surface area (Å²) in [6, 6.07) is 0.441. The van der Waals surface area contributed by atoms with Gasteiger partial charge in [-0.1, -0.05) is 19.3 Å². The molecule has 2 bridgehead atoms. The van der Waals surface area contributed by atoms with Gasteiger partial charge in [0.05, 0.1) is 0 Å². The van der Waals surface area contributed by atoms with Crippen LogP contribution in [0.5, 0.6) is 0 Å². The highest BCUT2D eigenvalue weighted by Gasteiger charge is 2.41. The fraction of sp³-hybridized carbons (Fsp3) is 0.800. The van der Waals surface area contributed by atoms with Crippen LogP contribution >= 0.6 is 0 Å². The molecule has 4 heterocycles. The van der Waals surface area contributed by atoms with Crippen molar-refractivity contribution in [3.63, 3.8) is 0 Å². The Hall–Kier alpha value is -1.36. The molecule has 5 nitrogen and oxygen atoms in total. The minimum absolute atomic E-state index is 0.169. The lowest BCUT2D eigenvalue weighted by molar-refractivity contribution is -0.136. The van der Waals surface area contributed by atoms with Crippen molar-refractivity contribution in [1.82, 2.24) is 19.8 Å². The van der Waals surface area contributed by atoms with Gasteiger partial charge in [-0.3, -0.25) is 4.79 Å². The average molecular weight is 342 g/mol. The Labute approximate surface area is 150 Å². The molecular weight excluding hydrogens is 312 g/mol. The number of nitrogens with one attached hydrogen (secondary N) is 1. The number of nitrogens with zero attached hydrogens (tertiary/aromatic N) is 3. The number of hydrogen-bond acceptors (Lipinski definition) is 3. The first-order chi connectivity index (χ1) is 12.3. The molecule has 5 heteroatoms. The van der Waals surface area contributed by atoms with Gasteiger partial charge in [0, 0.05) is 55.8 Å². The summed E-state index contributed by atoms with van der Waals surface area (Å²) in [5.41, 5.74) is 1.30. The number of aromatic nitrogens is 2. The Kier molecular flexibility index (Phi) is 4.07. The molecular formula is C20H30N4O. The van der Waals surface area contributed by atoms with Crippen molar-refractivity contribution in [2.45, 2.75) is 69.9 Å². The fourth-order valence-corrected chi connectivity index (χ4v) is 5.70. The van der Waals surface area contributed by atoms with Crippen LogP contribution in [0.2, 0.25) is 0 Å². The number of fused-ring (bicyclic) bond motifs is 3. The molecule has 0 spiro atoms. The van der Waals surface area contributed by atoms with Crippen molar-refractivity contribution >= 4 is 5.91 Å². The number of amides is 1. The van der Waals surface area contributed by atoms with Gasteiger partial charge in [0.15, 0.2) is 0 Å². The third kappa shape index (κ3) is 2.80. The molecule has 1 aromatic rings. The second kappa shape index (κ2) is 6.42. The van der Waals surface area contributed by atoms with E-state index in [0.29, 0.717) is 23.8 Å². The molecule has 3 fully saturated rings. The van der Waals surface area contributed by atoms with E-state index in [0.717, 1.165) is 39.0 Å². The first-order valence-electron chi connectivity index (χ1n) is 10.3.